The largest absolute Gasteiger partial charge is 0.495 e. The SMILES string of the molecule is COc1cc(C(=O)O)ccc1NS(=O)(=O)c1csc(-c2ccc([C@H]3CC[C@H](C)CC3)cc2)n1. The number of sulfonamides is 1. The molecule has 0 atom stereocenters. The second-order valence-electron chi connectivity index (χ2n) is 8.40. The van der Waals surface area contributed by atoms with Crippen molar-refractivity contribution >= 4 is 33.0 Å². The smallest absolute Gasteiger partial charge is 0.335 e. The van der Waals surface area contributed by atoms with Gasteiger partial charge in [-0.25, -0.2) is 9.78 Å². The van der Waals surface area contributed by atoms with Gasteiger partial charge in [0.15, 0.2) is 5.03 Å². The Balaban J connectivity index is 1.51. The van der Waals surface area contributed by atoms with E-state index in [-0.39, 0.29) is 22.0 Å². The summed E-state index contributed by atoms with van der Waals surface area (Å²) < 4.78 is 33.4. The first kappa shape index (κ1) is 23.3. The average molecular weight is 487 g/mol. The minimum Gasteiger partial charge on any atom is -0.495 e. The Kier molecular flexibility index (Phi) is 6.71. The van der Waals surface area contributed by atoms with Gasteiger partial charge in [0.05, 0.1) is 18.4 Å². The lowest BCUT2D eigenvalue weighted by atomic mass is 9.79. The lowest BCUT2D eigenvalue weighted by Crippen LogP contribution is -2.14. The summed E-state index contributed by atoms with van der Waals surface area (Å²) >= 11 is 1.26. The van der Waals surface area contributed by atoms with Crippen LogP contribution in [0.1, 0.15) is 54.4 Å². The van der Waals surface area contributed by atoms with E-state index in [0.717, 1.165) is 11.5 Å². The molecule has 2 aromatic carbocycles. The van der Waals surface area contributed by atoms with Gasteiger partial charge in [-0.2, -0.15) is 8.42 Å². The molecule has 0 radical (unpaired) electrons. The predicted octanol–water partition coefficient (Wildman–Crippen LogP) is 5.61. The molecule has 2 N–H and O–H groups in total. The number of carbonyl (C=O) groups is 1. The zero-order valence-corrected chi connectivity index (χ0v) is 20.1. The number of carboxylic acid groups (broad SMARTS) is 1. The molecule has 9 heteroatoms. The van der Waals surface area contributed by atoms with Crippen LogP contribution in [-0.4, -0.2) is 31.6 Å². The van der Waals surface area contributed by atoms with Crippen LogP contribution in [0.4, 0.5) is 5.69 Å². The maximum Gasteiger partial charge on any atom is 0.335 e. The number of methoxy groups -OCH3 is 1. The molecule has 174 valence electrons. The molecular weight excluding hydrogens is 460 g/mol. The molecule has 0 saturated heterocycles. The normalized spacial score (nSPS) is 18.6. The van der Waals surface area contributed by atoms with E-state index in [1.807, 2.05) is 12.1 Å². The van der Waals surface area contributed by atoms with Crippen molar-refractivity contribution in [3.63, 3.8) is 0 Å². The number of benzene rings is 2. The van der Waals surface area contributed by atoms with Crippen LogP contribution < -0.4 is 9.46 Å². The fourth-order valence-electron chi connectivity index (χ4n) is 4.11. The highest BCUT2D eigenvalue weighted by atomic mass is 32.2. The number of aromatic carboxylic acids is 1. The van der Waals surface area contributed by atoms with Crippen LogP contribution in [0.2, 0.25) is 0 Å². The number of carboxylic acids is 1. The molecule has 33 heavy (non-hydrogen) atoms. The molecule has 0 amide bonds. The van der Waals surface area contributed by atoms with Crippen molar-refractivity contribution in [2.45, 2.75) is 43.6 Å². The fourth-order valence-corrected chi connectivity index (χ4v) is 6.28. The van der Waals surface area contributed by atoms with Crippen LogP contribution in [0.25, 0.3) is 10.6 Å². The third-order valence-corrected chi connectivity index (χ3v) is 8.39. The molecule has 3 aromatic rings. The van der Waals surface area contributed by atoms with Gasteiger partial charge < -0.3 is 9.84 Å². The maximum absolute atomic E-state index is 12.9. The van der Waals surface area contributed by atoms with Crippen molar-refractivity contribution in [2.75, 3.05) is 11.8 Å². The van der Waals surface area contributed by atoms with Gasteiger partial charge in [-0.3, -0.25) is 4.72 Å². The van der Waals surface area contributed by atoms with Crippen molar-refractivity contribution < 1.29 is 23.1 Å². The van der Waals surface area contributed by atoms with Crippen molar-refractivity contribution in [1.29, 1.82) is 0 Å². The van der Waals surface area contributed by atoms with Gasteiger partial charge in [-0.1, -0.05) is 44.0 Å². The van der Waals surface area contributed by atoms with Gasteiger partial charge in [-0.15, -0.1) is 11.3 Å². The van der Waals surface area contributed by atoms with Gasteiger partial charge in [-0.05, 0) is 48.4 Å². The number of hydrogen-bond donors (Lipinski definition) is 2. The summed E-state index contributed by atoms with van der Waals surface area (Å²) in [5.74, 6) is 0.381. The summed E-state index contributed by atoms with van der Waals surface area (Å²) in [6, 6.07) is 12.2. The van der Waals surface area contributed by atoms with E-state index in [2.05, 4.69) is 28.8 Å². The number of aromatic nitrogens is 1. The van der Waals surface area contributed by atoms with Crippen molar-refractivity contribution in [1.82, 2.24) is 4.98 Å². The van der Waals surface area contributed by atoms with Crippen molar-refractivity contribution in [2.24, 2.45) is 5.92 Å². The van der Waals surface area contributed by atoms with Crippen molar-refractivity contribution in [3.8, 4) is 16.3 Å². The number of ether oxygens (including phenoxy) is 1. The molecule has 1 heterocycles. The molecule has 0 bridgehead atoms. The maximum atomic E-state index is 12.9. The predicted molar refractivity (Wildman–Crippen MR) is 129 cm³/mol. The Bertz CT molecular complexity index is 1240. The van der Waals surface area contributed by atoms with Gasteiger partial charge in [0.2, 0.25) is 0 Å². The minimum absolute atomic E-state index is 0.00284. The van der Waals surface area contributed by atoms with E-state index in [1.54, 1.807) is 0 Å². The van der Waals surface area contributed by atoms with Gasteiger partial charge in [0, 0.05) is 10.9 Å². The Morgan fingerprint density at radius 3 is 2.45 bits per heavy atom. The van der Waals surface area contributed by atoms with Crippen LogP contribution in [0.3, 0.4) is 0 Å². The molecule has 0 unspecified atom stereocenters. The Labute approximate surface area is 197 Å². The lowest BCUT2D eigenvalue weighted by molar-refractivity contribution is 0.0696. The van der Waals surface area contributed by atoms with E-state index < -0.39 is 16.0 Å². The average Bonchev–Trinajstić information content (AvgIpc) is 3.31. The summed E-state index contributed by atoms with van der Waals surface area (Å²) in [5, 5.41) is 11.1. The summed E-state index contributed by atoms with van der Waals surface area (Å²) in [7, 11) is -2.63. The zero-order valence-electron chi connectivity index (χ0n) is 18.4. The molecule has 7 nitrogen and oxygen atoms in total. The molecule has 0 aliphatic heterocycles. The molecule has 0 spiro atoms. The van der Waals surface area contributed by atoms with Crippen molar-refractivity contribution in [3.05, 3.63) is 59.0 Å². The number of hydrogen-bond acceptors (Lipinski definition) is 6. The molecule has 1 aliphatic carbocycles. The third-order valence-electron chi connectivity index (χ3n) is 6.10. The summed E-state index contributed by atoms with van der Waals surface area (Å²) in [6.07, 6.45) is 4.94. The topological polar surface area (TPSA) is 106 Å². The van der Waals surface area contributed by atoms with Gasteiger partial charge >= 0.3 is 5.97 Å². The second-order valence-corrected chi connectivity index (χ2v) is 10.9. The number of anilines is 1. The van der Waals surface area contributed by atoms with E-state index in [4.69, 9.17) is 9.84 Å². The summed E-state index contributed by atoms with van der Waals surface area (Å²) in [6.45, 7) is 2.31. The monoisotopic (exact) mass is 486 g/mol. The zero-order chi connectivity index (χ0) is 23.6. The highest BCUT2D eigenvalue weighted by Crippen LogP contribution is 2.36. The Morgan fingerprint density at radius 2 is 1.82 bits per heavy atom. The summed E-state index contributed by atoms with van der Waals surface area (Å²) in [4.78, 5) is 15.5. The molecule has 1 saturated carbocycles. The molecule has 1 aromatic heterocycles. The van der Waals surface area contributed by atoms with E-state index in [0.29, 0.717) is 10.9 Å². The number of nitrogens with one attached hydrogen (secondary N) is 1. The Hall–Kier alpha value is -2.91. The van der Waals surface area contributed by atoms with Crippen LogP contribution in [-0.2, 0) is 10.0 Å². The van der Waals surface area contributed by atoms with Gasteiger partial charge in [0.25, 0.3) is 10.0 Å². The first-order valence-electron chi connectivity index (χ1n) is 10.8. The fraction of sp³-hybridized carbons (Fsp3) is 0.333. The van der Waals surface area contributed by atoms with E-state index in [9.17, 15) is 13.2 Å². The third kappa shape index (κ3) is 5.20. The highest BCUT2D eigenvalue weighted by Gasteiger charge is 2.22. The quantitative estimate of drug-likeness (QED) is 0.450. The Morgan fingerprint density at radius 1 is 1.12 bits per heavy atom. The van der Waals surface area contributed by atoms with E-state index in [1.165, 1.54) is 73.3 Å². The lowest BCUT2D eigenvalue weighted by Gasteiger charge is -2.26. The number of rotatable bonds is 7. The van der Waals surface area contributed by atoms with Crippen LogP contribution >= 0.6 is 11.3 Å². The molecule has 1 aliphatic rings. The van der Waals surface area contributed by atoms with Crippen LogP contribution in [0.15, 0.2) is 52.9 Å². The van der Waals surface area contributed by atoms with Crippen LogP contribution in [0, 0.1) is 5.92 Å². The number of nitrogens with zero attached hydrogens (tertiary/aromatic N) is 1. The van der Waals surface area contributed by atoms with Crippen LogP contribution in [0.5, 0.6) is 5.75 Å². The highest BCUT2D eigenvalue weighted by molar-refractivity contribution is 7.92. The van der Waals surface area contributed by atoms with Gasteiger partial charge in [0.1, 0.15) is 10.8 Å². The molecule has 4 rings (SSSR count). The number of thiazole rings is 1. The second kappa shape index (κ2) is 9.52. The minimum atomic E-state index is -3.97. The first-order valence-corrected chi connectivity index (χ1v) is 13.1. The summed E-state index contributed by atoms with van der Waals surface area (Å²) in [5.41, 5.74) is 2.34. The molecular formula is C24H26N2O5S2. The van der Waals surface area contributed by atoms with E-state index >= 15 is 0 Å². The molecule has 1 fully saturated rings. The standard InChI is InChI=1S/C24H26N2O5S2/c1-15-3-5-16(6-4-15)17-7-9-18(10-8-17)23-25-22(14-32-23)33(29,30)26-20-12-11-19(24(27)28)13-21(20)31-2/h7-16,26H,3-6H2,1-2H3,(H,27,28)/t15-,16-. The first-order chi connectivity index (χ1) is 15.8.